The van der Waals surface area contributed by atoms with Crippen LogP contribution in [0.4, 0.5) is 0 Å². The normalized spacial score (nSPS) is 34.5. The molecule has 1 saturated heterocycles. The summed E-state index contributed by atoms with van der Waals surface area (Å²) >= 11 is 0. The molecule has 25 heavy (non-hydrogen) atoms. The number of hydrogen-bond donors (Lipinski definition) is 7. The van der Waals surface area contributed by atoms with Crippen molar-refractivity contribution in [2.24, 2.45) is 0 Å². The van der Waals surface area contributed by atoms with Crippen molar-refractivity contribution in [3.8, 4) is 0 Å². The average Bonchev–Trinajstić information content (AvgIpc) is 2.57. The fourth-order valence-corrected chi connectivity index (χ4v) is 2.15. The zero-order valence-corrected chi connectivity index (χ0v) is 15.2. The minimum atomic E-state index is -2.75. The van der Waals surface area contributed by atoms with Crippen LogP contribution in [0.1, 0.15) is 0 Å². The Bertz CT molecular complexity index is 410. The zero-order chi connectivity index (χ0) is 18.6. The Balaban J connectivity index is 0.00000576. The van der Waals surface area contributed by atoms with Crippen LogP contribution in [0, 0.1) is 0 Å². The predicted octanol–water partition coefficient (Wildman–Crippen LogP) is -8.02. The second kappa shape index (κ2) is 11.2. The van der Waals surface area contributed by atoms with Gasteiger partial charge in [0.1, 0.15) is 36.6 Å². The number of carboxylic acid groups (broad SMARTS) is 1. The van der Waals surface area contributed by atoms with Crippen LogP contribution in [0.5, 0.6) is 0 Å². The topological polar surface area (TPSA) is 223 Å². The summed E-state index contributed by atoms with van der Waals surface area (Å²) in [6.07, 6.45) is -17.8. The first kappa shape index (κ1) is 25.3. The molecule has 1 rings (SSSR count). The Hall–Kier alpha value is 0.330. The van der Waals surface area contributed by atoms with Gasteiger partial charge in [-0.3, -0.25) is 0 Å². The standard InChI is InChI=1S/C12H21O12.Ca/c13-1-3(15)10(7(18)8(19)11(21)22)24-12-9(20)6(17)5(16)4(2-14)23-12;/h3-10,12-18,20H,1-2H2,(H,21,22);/q-1;+2/p-1/t3-,4-,5+,6+,7-,8-,9-,10-,12+;/m1./s1. The molecular formula is C12H20CaO12. The van der Waals surface area contributed by atoms with Crippen LogP contribution >= 0.6 is 0 Å². The van der Waals surface area contributed by atoms with Gasteiger partial charge in [0.15, 0.2) is 6.29 Å². The van der Waals surface area contributed by atoms with Crippen LogP contribution in [0.2, 0.25) is 0 Å². The molecule has 0 aromatic heterocycles. The molecule has 9 atom stereocenters. The van der Waals surface area contributed by atoms with Crippen molar-refractivity contribution in [3.05, 3.63) is 0 Å². The first-order chi connectivity index (χ1) is 11.1. The quantitative estimate of drug-likeness (QED) is 0.190. The minimum absolute atomic E-state index is 0. The first-order valence-corrected chi connectivity index (χ1v) is 6.95. The molecule has 0 unspecified atom stereocenters. The Labute approximate surface area is 171 Å². The summed E-state index contributed by atoms with van der Waals surface area (Å²) in [6, 6.07) is 0. The van der Waals surface area contributed by atoms with Gasteiger partial charge in [0.05, 0.1) is 19.3 Å². The zero-order valence-electron chi connectivity index (χ0n) is 13.0. The molecule has 1 heterocycles. The smallest absolute Gasteiger partial charge is 0.846 e. The third-order valence-electron chi connectivity index (χ3n) is 3.59. The number of aliphatic hydroxyl groups is 7. The number of rotatable bonds is 8. The van der Waals surface area contributed by atoms with E-state index in [-0.39, 0.29) is 37.7 Å². The number of hydrogen-bond acceptors (Lipinski definition) is 12. The molecule has 0 aromatic carbocycles. The molecule has 1 aliphatic heterocycles. The molecule has 13 heteroatoms. The molecule has 0 aromatic rings. The second-order valence-electron chi connectivity index (χ2n) is 5.28. The molecule has 12 nitrogen and oxygen atoms in total. The van der Waals surface area contributed by atoms with E-state index in [2.05, 4.69) is 0 Å². The minimum Gasteiger partial charge on any atom is -0.846 e. The summed E-state index contributed by atoms with van der Waals surface area (Å²) in [5, 5.41) is 88.1. The van der Waals surface area contributed by atoms with E-state index in [1.54, 1.807) is 0 Å². The maximum Gasteiger partial charge on any atom is 2.00 e. The third-order valence-corrected chi connectivity index (χ3v) is 3.59. The number of carbonyl (C=O) groups excluding carboxylic acids is 1. The van der Waals surface area contributed by atoms with Gasteiger partial charge in [-0.1, -0.05) is 6.10 Å². The molecule has 1 fully saturated rings. The van der Waals surface area contributed by atoms with E-state index in [9.17, 15) is 40.5 Å². The molecule has 0 amide bonds. The van der Waals surface area contributed by atoms with Crippen LogP contribution in [0.25, 0.3) is 0 Å². The van der Waals surface area contributed by atoms with Gasteiger partial charge in [0.2, 0.25) is 0 Å². The fourth-order valence-electron chi connectivity index (χ4n) is 2.15. The maximum atomic E-state index is 11.3. The molecular weight excluding hydrogens is 376 g/mol. The van der Waals surface area contributed by atoms with Gasteiger partial charge < -0.3 is 60.2 Å². The van der Waals surface area contributed by atoms with Crippen molar-refractivity contribution >= 4 is 43.7 Å². The van der Waals surface area contributed by atoms with Crippen molar-refractivity contribution in [1.29, 1.82) is 0 Å². The molecule has 0 aliphatic carbocycles. The Morgan fingerprint density at radius 1 is 1.12 bits per heavy atom. The summed E-state index contributed by atoms with van der Waals surface area (Å²) in [6.45, 7) is -1.83. The molecule has 0 radical (unpaired) electrons. The van der Waals surface area contributed by atoms with Crippen LogP contribution in [0.3, 0.4) is 0 Å². The van der Waals surface area contributed by atoms with E-state index in [1.165, 1.54) is 0 Å². The van der Waals surface area contributed by atoms with E-state index >= 15 is 0 Å². The average molecular weight is 396 g/mol. The van der Waals surface area contributed by atoms with Gasteiger partial charge in [0.25, 0.3) is 0 Å². The summed E-state index contributed by atoms with van der Waals surface area (Å²) in [5.74, 6) is -2.20. The van der Waals surface area contributed by atoms with Crippen molar-refractivity contribution in [2.75, 3.05) is 13.2 Å². The number of aliphatic carboxylic acids is 1. The van der Waals surface area contributed by atoms with Crippen LogP contribution in [-0.2, 0) is 14.3 Å². The first-order valence-electron chi connectivity index (χ1n) is 6.95. The van der Waals surface area contributed by atoms with Gasteiger partial charge in [-0.15, -0.1) is 0 Å². The van der Waals surface area contributed by atoms with E-state index in [4.69, 9.17) is 19.7 Å². The molecule has 142 valence electrons. The Morgan fingerprint density at radius 3 is 2.12 bits per heavy atom. The summed E-state index contributed by atoms with van der Waals surface area (Å²) in [7, 11) is 0. The fraction of sp³-hybridized carbons (Fsp3) is 0.917. The van der Waals surface area contributed by atoms with Crippen molar-refractivity contribution in [2.45, 2.75) is 55.1 Å². The number of carboxylic acids is 1. The van der Waals surface area contributed by atoms with Gasteiger partial charge in [-0.05, 0) is 0 Å². The monoisotopic (exact) mass is 396 g/mol. The van der Waals surface area contributed by atoms with E-state index in [0.29, 0.717) is 0 Å². The van der Waals surface area contributed by atoms with Gasteiger partial charge in [-0.2, -0.15) is 0 Å². The SMILES string of the molecule is O=C([O-])[C@H]([O-])[C@@H](O)[C@H](O[C@@H]1O[C@H](CO)[C@H](O)[C@H](O)[C@H]1O)[C@H](O)CO.[Ca+2]. The Morgan fingerprint density at radius 2 is 1.68 bits per heavy atom. The summed E-state index contributed by atoms with van der Waals surface area (Å²) in [4.78, 5) is 10.5. The summed E-state index contributed by atoms with van der Waals surface area (Å²) < 4.78 is 9.88. The molecule has 0 saturated carbocycles. The number of aliphatic hydroxyl groups excluding tert-OH is 7. The summed E-state index contributed by atoms with van der Waals surface area (Å²) in [5.41, 5.74) is 0. The van der Waals surface area contributed by atoms with Gasteiger partial charge in [-0.25, -0.2) is 0 Å². The second-order valence-corrected chi connectivity index (χ2v) is 5.28. The van der Waals surface area contributed by atoms with Crippen LogP contribution in [0.15, 0.2) is 0 Å². The van der Waals surface area contributed by atoms with Gasteiger partial charge >= 0.3 is 37.7 Å². The predicted molar refractivity (Wildman–Crippen MR) is 72.3 cm³/mol. The van der Waals surface area contributed by atoms with Crippen molar-refractivity contribution in [3.63, 3.8) is 0 Å². The van der Waals surface area contributed by atoms with Crippen LogP contribution in [-0.4, -0.2) is 148 Å². The van der Waals surface area contributed by atoms with Gasteiger partial charge in [0, 0.05) is 5.97 Å². The molecule has 1 aliphatic rings. The van der Waals surface area contributed by atoms with Crippen LogP contribution < -0.4 is 10.2 Å². The largest absolute Gasteiger partial charge is 2.00 e. The van der Waals surface area contributed by atoms with Crippen molar-refractivity contribution in [1.82, 2.24) is 0 Å². The Kier molecular flexibility index (Phi) is 11.4. The maximum absolute atomic E-state index is 11.3. The number of ether oxygens (including phenoxy) is 2. The molecule has 0 spiro atoms. The molecule has 0 bridgehead atoms. The third kappa shape index (κ3) is 6.17. The number of carbonyl (C=O) groups is 1. The van der Waals surface area contributed by atoms with E-state index in [0.717, 1.165) is 0 Å². The van der Waals surface area contributed by atoms with E-state index < -0.39 is 74.3 Å². The van der Waals surface area contributed by atoms with E-state index in [1.807, 2.05) is 0 Å². The van der Waals surface area contributed by atoms with Crippen molar-refractivity contribution < 1.29 is 60.2 Å². The molecule has 7 N–H and O–H groups in total.